The minimum absolute atomic E-state index is 0.00136. The van der Waals surface area contributed by atoms with Crippen molar-refractivity contribution in [3.05, 3.63) is 48.2 Å². The second-order valence-corrected chi connectivity index (χ2v) is 14.7. The van der Waals surface area contributed by atoms with E-state index in [1.807, 2.05) is 0 Å². The molecule has 0 bridgehead atoms. The maximum atomic E-state index is 15.2. The highest BCUT2D eigenvalue weighted by Crippen LogP contribution is 2.53. The topological polar surface area (TPSA) is 102 Å². The van der Waals surface area contributed by atoms with Crippen molar-refractivity contribution in [1.82, 2.24) is 24.6 Å². The van der Waals surface area contributed by atoms with Crippen molar-refractivity contribution >= 4 is 21.5 Å². The SMILES string of the molecule is CC(C)N1CCC2(CC1)CC(S(=O)(=O)c1ccc(Nc3ncc(C(F)(F)F)c(-c4cnn(C5CCOCC5)c4)n3)c(F)c1)C2. The highest BCUT2D eigenvalue weighted by Gasteiger charge is 2.51. The molecule has 1 aromatic carbocycles. The predicted octanol–water partition coefficient (Wildman–Crippen LogP) is 6.02. The molecular formula is C30H36F4N6O3S. The molecule has 1 aliphatic carbocycles. The Morgan fingerprint density at radius 1 is 1.09 bits per heavy atom. The minimum Gasteiger partial charge on any atom is -0.381 e. The lowest BCUT2D eigenvalue weighted by molar-refractivity contribution is -0.137. The Morgan fingerprint density at radius 2 is 1.80 bits per heavy atom. The number of hydrogen-bond donors (Lipinski definition) is 1. The molecule has 1 spiro atoms. The summed E-state index contributed by atoms with van der Waals surface area (Å²) < 4.78 is 90.5. The van der Waals surface area contributed by atoms with E-state index < -0.39 is 38.3 Å². The van der Waals surface area contributed by atoms with Crippen LogP contribution in [0.25, 0.3) is 11.3 Å². The smallest absolute Gasteiger partial charge is 0.381 e. The molecule has 6 rings (SSSR count). The summed E-state index contributed by atoms with van der Waals surface area (Å²) in [7, 11) is -3.75. The number of piperidine rings is 1. The number of hydrogen-bond acceptors (Lipinski definition) is 8. The Kier molecular flexibility index (Phi) is 8.20. The highest BCUT2D eigenvalue weighted by atomic mass is 32.2. The summed E-state index contributed by atoms with van der Waals surface area (Å²) in [6, 6.07) is 3.98. The van der Waals surface area contributed by atoms with Gasteiger partial charge in [0, 0.05) is 37.2 Å². The van der Waals surface area contributed by atoms with Gasteiger partial charge in [-0.25, -0.2) is 22.8 Å². The third-order valence-electron chi connectivity index (χ3n) is 9.40. The summed E-state index contributed by atoms with van der Waals surface area (Å²) in [4.78, 5) is 10.1. The molecule has 14 heteroatoms. The van der Waals surface area contributed by atoms with Crippen LogP contribution in [-0.4, -0.2) is 70.7 Å². The number of alkyl halides is 3. The van der Waals surface area contributed by atoms with Crippen LogP contribution in [0.5, 0.6) is 0 Å². The fraction of sp³-hybridized carbons (Fsp3) is 0.567. The number of aromatic nitrogens is 4. The first-order chi connectivity index (χ1) is 20.8. The maximum Gasteiger partial charge on any atom is 0.419 e. The third-order valence-corrected chi connectivity index (χ3v) is 11.5. The number of sulfone groups is 1. The van der Waals surface area contributed by atoms with Gasteiger partial charge in [0.05, 0.1) is 33.8 Å². The quantitative estimate of drug-likeness (QED) is 0.314. The predicted molar refractivity (Wildman–Crippen MR) is 156 cm³/mol. The van der Waals surface area contributed by atoms with Gasteiger partial charge in [0.15, 0.2) is 9.84 Å². The van der Waals surface area contributed by atoms with Crippen LogP contribution in [0, 0.1) is 11.2 Å². The van der Waals surface area contributed by atoms with Crippen LogP contribution in [0.2, 0.25) is 0 Å². The summed E-state index contributed by atoms with van der Waals surface area (Å²) in [6.07, 6.45) is 3.16. The van der Waals surface area contributed by atoms with Crippen LogP contribution in [0.3, 0.4) is 0 Å². The molecule has 4 heterocycles. The van der Waals surface area contributed by atoms with E-state index in [1.54, 1.807) is 4.68 Å². The standard InChI is InChI=1S/C30H36F4N6O3S/c1-19(2)39-9-7-29(8-10-39)14-23(15-29)44(41,42)22-3-4-26(25(31)13-22)37-28-35-17-24(30(32,33)34)27(38-28)20-16-36-40(18-20)21-5-11-43-12-6-21/h3-4,13,16-19,21,23H,5-12,14-15H2,1-2H3,(H,35,37,38). The Balaban J connectivity index is 1.18. The normalized spacial score (nSPS) is 20.2. The molecule has 2 aromatic heterocycles. The molecular weight excluding hydrogens is 600 g/mol. The fourth-order valence-corrected chi connectivity index (χ4v) is 8.67. The molecule has 238 valence electrons. The minimum atomic E-state index is -4.73. The molecule has 3 aromatic rings. The first-order valence-electron chi connectivity index (χ1n) is 15.0. The molecule has 0 atom stereocenters. The van der Waals surface area contributed by atoms with Crippen LogP contribution >= 0.6 is 0 Å². The molecule has 0 radical (unpaired) electrons. The van der Waals surface area contributed by atoms with Gasteiger partial charge in [-0.1, -0.05) is 0 Å². The molecule has 9 nitrogen and oxygen atoms in total. The molecule has 0 unspecified atom stereocenters. The molecule has 2 saturated heterocycles. The van der Waals surface area contributed by atoms with Crippen molar-refractivity contribution < 1.29 is 30.7 Å². The Bertz CT molecular complexity index is 1600. The maximum absolute atomic E-state index is 15.2. The Morgan fingerprint density at radius 3 is 2.43 bits per heavy atom. The van der Waals surface area contributed by atoms with Crippen LogP contribution in [0.4, 0.5) is 29.2 Å². The number of ether oxygens (including phenoxy) is 1. The van der Waals surface area contributed by atoms with E-state index in [4.69, 9.17) is 4.74 Å². The van der Waals surface area contributed by atoms with Crippen LogP contribution in [-0.2, 0) is 20.8 Å². The van der Waals surface area contributed by atoms with Gasteiger partial charge in [0.1, 0.15) is 11.4 Å². The monoisotopic (exact) mass is 636 g/mol. The summed E-state index contributed by atoms with van der Waals surface area (Å²) in [5.41, 5.74) is -1.43. The van der Waals surface area contributed by atoms with Gasteiger partial charge in [0.25, 0.3) is 0 Å². The number of likely N-dealkylation sites (tertiary alicyclic amines) is 1. The van der Waals surface area contributed by atoms with Gasteiger partial charge in [-0.3, -0.25) is 4.68 Å². The third kappa shape index (κ3) is 6.08. The molecule has 1 saturated carbocycles. The molecule has 3 fully saturated rings. The van der Waals surface area contributed by atoms with E-state index in [1.165, 1.54) is 24.5 Å². The van der Waals surface area contributed by atoms with Crippen molar-refractivity contribution in [3.63, 3.8) is 0 Å². The lowest BCUT2D eigenvalue weighted by Crippen LogP contribution is -2.52. The Labute approximate surface area is 253 Å². The number of halogens is 4. The van der Waals surface area contributed by atoms with E-state index in [2.05, 4.69) is 39.1 Å². The van der Waals surface area contributed by atoms with Gasteiger partial charge in [-0.05, 0) is 89.1 Å². The summed E-state index contributed by atoms with van der Waals surface area (Å²) in [6.45, 7) is 7.30. The van der Waals surface area contributed by atoms with E-state index in [-0.39, 0.29) is 33.6 Å². The van der Waals surface area contributed by atoms with Crippen molar-refractivity contribution in [2.75, 3.05) is 31.6 Å². The number of nitrogens with zero attached hydrogens (tertiary/aromatic N) is 5. The van der Waals surface area contributed by atoms with E-state index in [0.29, 0.717) is 51.1 Å². The van der Waals surface area contributed by atoms with E-state index in [0.717, 1.165) is 32.0 Å². The highest BCUT2D eigenvalue weighted by molar-refractivity contribution is 7.92. The van der Waals surface area contributed by atoms with Crippen molar-refractivity contribution in [2.24, 2.45) is 5.41 Å². The zero-order valence-electron chi connectivity index (χ0n) is 24.6. The molecule has 2 aliphatic heterocycles. The van der Waals surface area contributed by atoms with Gasteiger partial charge >= 0.3 is 6.18 Å². The second kappa shape index (κ2) is 11.7. The molecule has 3 aliphatic rings. The van der Waals surface area contributed by atoms with E-state index >= 15 is 4.39 Å². The fourth-order valence-electron chi connectivity index (χ4n) is 6.61. The van der Waals surface area contributed by atoms with E-state index in [9.17, 15) is 21.6 Å². The average molecular weight is 637 g/mol. The zero-order valence-corrected chi connectivity index (χ0v) is 25.5. The van der Waals surface area contributed by atoms with Gasteiger partial charge in [-0.2, -0.15) is 18.3 Å². The zero-order chi connectivity index (χ0) is 31.3. The largest absolute Gasteiger partial charge is 0.419 e. The summed E-state index contributed by atoms with van der Waals surface area (Å²) in [5, 5.41) is 6.32. The van der Waals surface area contributed by atoms with Crippen LogP contribution in [0.1, 0.15) is 64.0 Å². The number of rotatable bonds is 7. The Hall–Kier alpha value is -3.10. The van der Waals surface area contributed by atoms with Crippen LogP contribution < -0.4 is 5.32 Å². The summed E-state index contributed by atoms with van der Waals surface area (Å²) in [5.74, 6) is -1.14. The van der Waals surface area contributed by atoms with Crippen molar-refractivity contribution in [1.29, 1.82) is 0 Å². The molecule has 44 heavy (non-hydrogen) atoms. The van der Waals surface area contributed by atoms with Crippen molar-refractivity contribution in [2.45, 2.75) is 80.8 Å². The lowest BCUT2D eigenvalue weighted by Gasteiger charge is -2.52. The number of nitrogens with one attached hydrogen (secondary N) is 1. The molecule has 0 amide bonds. The summed E-state index contributed by atoms with van der Waals surface area (Å²) >= 11 is 0. The first-order valence-corrected chi connectivity index (χ1v) is 16.5. The first kappa shape index (κ1) is 30.9. The van der Waals surface area contributed by atoms with Gasteiger partial charge in [0.2, 0.25) is 5.95 Å². The van der Waals surface area contributed by atoms with Gasteiger partial charge in [-0.15, -0.1) is 0 Å². The van der Waals surface area contributed by atoms with Gasteiger partial charge < -0.3 is 15.0 Å². The number of anilines is 2. The molecule has 1 N–H and O–H groups in total. The van der Waals surface area contributed by atoms with Crippen molar-refractivity contribution in [3.8, 4) is 11.3 Å². The number of benzene rings is 1. The average Bonchev–Trinajstić information content (AvgIpc) is 3.47. The lowest BCUT2D eigenvalue weighted by atomic mass is 9.63. The van der Waals surface area contributed by atoms with Crippen LogP contribution in [0.15, 0.2) is 41.7 Å². The second-order valence-electron chi connectivity index (χ2n) is 12.5.